The quantitative estimate of drug-likeness (QED) is 0.240. The van der Waals surface area contributed by atoms with Gasteiger partial charge in [-0.3, -0.25) is 9.59 Å². The van der Waals surface area contributed by atoms with Gasteiger partial charge in [0.2, 0.25) is 0 Å². The van der Waals surface area contributed by atoms with Crippen molar-refractivity contribution in [1.29, 1.82) is 0 Å². The average Bonchev–Trinajstić information content (AvgIpc) is 2.87. The molecule has 0 saturated heterocycles. The molecule has 11 heteroatoms. The lowest BCUT2D eigenvalue weighted by Gasteiger charge is -2.29. The number of carbonyl (C=O) groups excluding carboxylic acids is 1. The van der Waals surface area contributed by atoms with Gasteiger partial charge in [-0.2, -0.15) is 0 Å². The zero-order chi connectivity index (χ0) is 30.0. The smallest absolute Gasteiger partial charge is 0.250 e. The van der Waals surface area contributed by atoms with Gasteiger partial charge in [-0.15, -0.1) is 4.72 Å². The molecule has 1 aromatic heterocycles. The van der Waals surface area contributed by atoms with Gasteiger partial charge in [-0.25, -0.2) is 12.8 Å². The molecule has 0 aliphatic rings. The fourth-order valence-corrected chi connectivity index (χ4v) is 6.16. The number of hydrogen-bond acceptors (Lipinski definition) is 6. The predicted octanol–water partition coefficient (Wildman–Crippen LogP) is 5.51. The van der Waals surface area contributed by atoms with E-state index in [1.54, 1.807) is 32.3 Å². The summed E-state index contributed by atoms with van der Waals surface area (Å²) in [6.45, 7) is 8.92. The summed E-state index contributed by atoms with van der Waals surface area (Å²) in [5.41, 5.74) is 1.79. The van der Waals surface area contributed by atoms with E-state index in [1.807, 2.05) is 27.7 Å². The standard InChI is InChI=1S/C29H34ClFN2O5S2/c1-7-26(32-39(36)29(3,4)5)23-15-27(34)33(6)16-24(23)22-13-18(17-40(37,38)8-2)9-11-20(22)28(35)21-12-10-19(31)14-25(21)30/h9-16,26,32H,7-8,17H2,1-6H3/t26?,39-/m0/s1. The Kier molecular flexibility index (Phi) is 10.1. The van der Waals surface area contributed by atoms with E-state index >= 15 is 0 Å². The monoisotopic (exact) mass is 608 g/mol. The molecule has 0 aliphatic heterocycles. The van der Waals surface area contributed by atoms with Gasteiger partial charge in [0.1, 0.15) is 10.6 Å². The zero-order valence-corrected chi connectivity index (χ0v) is 25.8. The zero-order valence-electron chi connectivity index (χ0n) is 23.4. The molecule has 2 aromatic carbocycles. The van der Waals surface area contributed by atoms with Gasteiger partial charge in [0, 0.05) is 53.1 Å². The Balaban J connectivity index is 2.32. The highest BCUT2D eigenvalue weighted by atomic mass is 35.5. The molecule has 0 spiro atoms. The van der Waals surface area contributed by atoms with Crippen LogP contribution in [0.1, 0.15) is 74.1 Å². The number of aryl methyl sites for hydroxylation is 1. The number of nitrogens with zero attached hydrogens (tertiary/aromatic N) is 1. The van der Waals surface area contributed by atoms with Crippen molar-refractivity contribution in [2.75, 3.05) is 5.75 Å². The van der Waals surface area contributed by atoms with Crippen molar-refractivity contribution in [2.24, 2.45) is 7.05 Å². The summed E-state index contributed by atoms with van der Waals surface area (Å²) < 4.78 is 55.6. The van der Waals surface area contributed by atoms with Crippen molar-refractivity contribution in [2.45, 2.75) is 57.6 Å². The van der Waals surface area contributed by atoms with Gasteiger partial charge in [0.25, 0.3) is 5.56 Å². The number of hydrogen-bond donors (Lipinski definition) is 1. The van der Waals surface area contributed by atoms with E-state index in [2.05, 4.69) is 4.72 Å². The number of rotatable bonds is 10. The third-order valence-electron chi connectivity index (χ3n) is 6.47. The highest BCUT2D eigenvalue weighted by Crippen LogP contribution is 2.35. The van der Waals surface area contributed by atoms with Crippen molar-refractivity contribution in [3.63, 3.8) is 0 Å². The van der Waals surface area contributed by atoms with Gasteiger partial charge in [-0.1, -0.05) is 37.6 Å². The third kappa shape index (κ3) is 7.41. The Labute approximate surface area is 243 Å². The molecule has 3 aromatic rings. The minimum absolute atomic E-state index is 0.0558. The Bertz CT molecular complexity index is 1580. The predicted molar refractivity (Wildman–Crippen MR) is 159 cm³/mol. The number of halogens is 2. The van der Waals surface area contributed by atoms with E-state index in [9.17, 15) is 27.0 Å². The molecule has 216 valence electrons. The first-order chi connectivity index (χ1) is 18.6. The number of ketones is 1. The Morgan fingerprint density at radius 3 is 2.33 bits per heavy atom. The van der Waals surface area contributed by atoms with Crippen LogP contribution in [0.4, 0.5) is 4.39 Å². The van der Waals surface area contributed by atoms with E-state index in [1.165, 1.54) is 22.8 Å². The maximum absolute atomic E-state index is 13.8. The summed E-state index contributed by atoms with van der Waals surface area (Å²) in [5.74, 6) is -1.39. The summed E-state index contributed by atoms with van der Waals surface area (Å²) in [6.07, 6.45) is 2.05. The molecular formula is C29H34ClFN2O5S2. The first-order valence-electron chi connectivity index (χ1n) is 12.8. The minimum Gasteiger partial charge on any atom is -0.598 e. The van der Waals surface area contributed by atoms with Crippen molar-refractivity contribution in [3.05, 3.63) is 92.1 Å². The van der Waals surface area contributed by atoms with Gasteiger partial charge in [-0.05, 0) is 68.1 Å². The lowest BCUT2D eigenvalue weighted by atomic mass is 9.89. The SMILES string of the molecule is CCC(N[S@@+]([O-])C(C)(C)C)c1cc(=O)n(C)cc1-c1cc(CS(=O)(=O)CC)ccc1C(=O)c1ccc(F)cc1Cl. The number of aromatic nitrogens is 1. The molecule has 40 heavy (non-hydrogen) atoms. The second kappa shape index (κ2) is 12.6. The van der Waals surface area contributed by atoms with Gasteiger partial charge < -0.3 is 9.12 Å². The lowest BCUT2D eigenvalue weighted by molar-refractivity contribution is 0.103. The number of carbonyl (C=O) groups is 1. The second-order valence-electron chi connectivity index (χ2n) is 10.6. The van der Waals surface area contributed by atoms with Gasteiger partial charge >= 0.3 is 0 Å². The Hall–Kier alpha value is -2.50. The minimum atomic E-state index is -3.40. The fourth-order valence-electron chi connectivity index (χ4n) is 4.11. The molecule has 1 unspecified atom stereocenters. The van der Waals surface area contributed by atoms with Crippen LogP contribution < -0.4 is 10.3 Å². The van der Waals surface area contributed by atoms with Gasteiger partial charge in [0.15, 0.2) is 15.6 Å². The maximum atomic E-state index is 13.8. The molecule has 0 amide bonds. The molecule has 0 radical (unpaired) electrons. The first-order valence-corrected chi connectivity index (χ1v) is 16.1. The molecular weight excluding hydrogens is 575 g/mol. The molecule has 2 atom stereocenters. The Morgan fingerprint density at radius 2 is 1.75 bits per heavy atom. The summed E-state index contributed by atoms with van der Waals surface area (Å²) in [6, 6.07) is 9.10. The molecule has 3 rings (SSSR count). The van der Waals surface area contributed by atoms with Crippen LogP contribution in [0.5, 0.6) is 0 Å². The van der Waals surface area contributed by atoms with E-state index in [0.717, 1.165) is 12.1 Å². The normalized spacial score (nSPS) is 13.7. The number of pyridine rings is 1. The lowest BCUT2D eigenvalue weighted by Crippen LogP contribution is -2.41. The van der Waals surface area contributed by atoms with Crippen LogP contribution in [0, 0.1) is 5.82 Å². The summed E-state index contributed by atoms with van der Waals surface area (Å²) in [5, 5.41) is -0.0667. The highest BCUT2D eigenvalue weighted by molar-refractivity contribution is 7.91. The van der Waals surface area contributed by atoms with E-state index in [-0.39, 0.29) is 33.2 Å². The molecule has 0 aliphatic carbocycles. The number of sulfone groups is 1. The van der Waals surface area contributed by atoms with Crippen LogP contribution >= 0.6 is 11.6 Å². The van der Waals surface area contributed by atoms with Crippen LogP contribution in [0.3, 0.4) is 0 Å². The largest absolute Gasteiger partial charge is 0.598 e. The van der Waals surface area contributed by atoms with Gasteiger partial charge in [0.05, 0.1) is 16.8 Å². The molecule has 0 bridgehead atoms. The van der Waals surface area contributed by atoms with Crippen LogP contribution in [0.25, 0.3) is 11.1 Å². The maximum Gasteiger partial charge on any atom is 0.250 e. The first kappa shape index (κ1) is 32.0. The molecule has 1 heterocycles. The van der Waals surface area contributed by atoms with Crippen LogP contribution in [0.2, 0.25) is 5.02 Å². The summed E-state index contributed by atoms with van der Waals surface area (Å²) in [4.78, 5) is 26.6. The Morgan fingerprint density at radius 1 is 1.10 bits per heavy atom. The average molecular weight is 609 g/mol. The van der Waals surface area contributed by atoms with Crippen LogP contribution in [0.15, 0.2) is 53.5 Å². The molecule has 0 fully saturated rings. The van der Waals surface area contributed by atoms with Crippen LogP contribution in [-0.4, -0.2) is 33.8 Å². The van der Waals surface area contributed by atoms with Crippen LogP contribution in [-0.2, 0) is 34.0 Å². The third-order valence-corrected chi connectivity index (χ3v) is 10.0. The summed E-state index contributed by atoms with van der Waals surface area (Å²) >= 11 is 4.76. The van der Waals surface area contributed by atoms with Crippen molar-refractivity contribution in [1.82, 2.24) is 9.29 Å². The second-order valence-corrected chi connectivity index (χ2v) is 15.3. The van der Waals surface area contributed by atoms with E-state index in [4.69, 9.17) is 11.6 Å². The van der Waals surface area contributed by atoms with E-state index in [0.29, 0.717) is 28.7 Å². The van der Waals surface area contributed by atoms with Crippen molar-refractivity contribution < 1.29 is 22.2 Å². The molecule has 0 saturated carbocycles. The fraction of sp³-hybridized carbons (Fsp3) is 0.379. The highest BCUT2D eigenvalue weighted by Gasteiger charge is 2.31. The number of benzene rings is 2. The number of nitrogens with one attached hydrogen (secondary N) is 1. The molecule has 1 N–H and O–H groups in total. The van der Waals surface area contributed by atoms with E-state index < -0.39 is 43.6 Å². The summed E-state index contributed by atoms with van der Waals surface area (Å²) in [7, 11) is -1.83. The van der Waals surface area contributed by atoms with Crippen molar-refractivity contribution in [3.8, 4) is 11.1 Å². The van der Waals surface area contributed by atoms with Crippen molar-refractivity contribution >= 4 is 38.6 Å². The topological polar surface area (TPSA) is 108 Å². The molecule has 7 nitrogen and oxygen atoms in total.